The van der Waals surface area contributed by atoms with Crippen molar-refractivity contribution < 1.29 is 5.11 Å². The van der Waals surface area contributed by atoms with Gasteiger partial charge in [0.1, 0.15) is 11.4 Å². The van der Waals surface area contributed by atoms with Crippen LogP contribution in [0.3, 0.4) is 0 Å². The van der Waals surface area contributed by atoms with Crippen LogP contribution in [0, 0.1) is 0 Å². The summed E-state index contributed by atoms with van der Waals surface area (Å²) in [4.78, 5) is 0. The van der Waals surface area contributed by atoms with E-state index in [1.165, 1.54) is 0 Å². The van der Waals surface area contributed by atoms with Crippen molar-refractivity contribution in [3.63, 3.8) is 0 Å². The molecule has 0 atom stereocenters. The summed E-state index contributed by atoms with van der Waals surface area (Å²) >= 11 is 6.03. The number of hydrogen-bond donors (Lipinski definition) is 2. The molecule has 0 amide bonds. The number of hydrogen-bond acceptors (Lipinski definition) is 3. The molecule has 0 unspecified atom stereocenters. The molecule has 2 N–H and O–H groups in total. The van der Waals surface area contributed by atoms with Crippen LogP contribution < -0.4 is 0 Å². The first-order valence-corrected chi connectivity index (χ1v) is 5.67. The van der Waals surface area contributed by atoms with Gasteiger partial charge in [0.25, 0.3) is 0 Å². The van der Waals surface area contributed by atoms with Crippen LogP contribution in [-0.4, -0.2) is 20.5 Å². The molecule has 0 aliphatic rings. The number of benzene rings is 1. The van der Waals surface area contributed by atoms with E-state index in [0.29, 0.717) is 16.3 Å². The molecule has 90 valence electrons. The lowest BCUT2D eigenvalue weighted by atomic mass is 9.85. The molecule has 1 aromatic heterocycles. The lowest BCUT2D eigenvalue weighted by Gasteiger charge is -2.20. The van der Waals surface area contributed by atoms with Crippen LogP contribution in [0.15, 0.2) is 18.3 Å². The Balaban J connectivity index is 2.64. The highest BCUT2D eigenvalue weighted by atomic mass is 35.5. The van der Waals surface area contributed by atoms with E-state index in [2.05, 4.69) is 36.2 Å². The van der Waals surface area contributed by atoms with Crippen LogP contribution in [0.25, 0.3) is 11.3 Å². The van der Waals surface area contributed by atoms with Crippen molar-refractivity contribution in [2.75, 3.05) is 0 Å². The minimum Gasteiger partial charge on any atom is -0.506 e. The molecule has 0 aliphatic carbocycles. The quantitative estimate of drug-likeness (QED) is 0.819. The smallest absolute Gasteiger partial charge is 0.143 e. The van der Waals surface area contributed by atoms with Gasteiger partial charge in [-0.25, -0.2) is 0 Å². The number of aromatic nitrogens is 3. The molecular weight excluding hydrogens is 238 g/mol. The number of nitrogens with zero attached hydrogens (tertiary/aromatic N) is 2. The maximum atomic E-state index is 9.95. The van der Waals surface area contributed by atoms with Gasteiger partial charge < -0.3 is 5.11 Å². The number of aromatic hydroxyl groups is 1. The van der Waals surface area contributed by atoms with Crippen molar-refractivity contribution in [1.29, 1.82) is 0 Å². The summed E-state index contributed by atoms with van der Waals surface area (Å²) in [5.74, 6) is 0.0357. The average Bonchev–Trinajstić information content (AvgIpc) is 2.73. The van der Waals surface area contributed by atoms with Crippen molar-refractivity contribution in [2.45, 2.75) is 26.2 Å². The van der Waals surface area contributed by atoms with E-state index < -0.39 is 0 Å². The zero-order valence-corrected chi connectivity index (χ0v) is 10.7. The average molecular weight is 252 g/mol. The molecular formula is C12H14ClN3O. The summed E-state index contributed by atoms with van der Waals surface area (Å²) in [5.41, 5.74) is 2.17. The molecule has 0 radical (unpaired) electrons. The van der Waals surface area contributed by atoms with Gasteiger partial charge in [0.2, 0.25) is 0 Å². The number of phenolic OH excluding ortho intramolecular Hbond substituents is 1. The van der Waals surface area contributed by atoms with E-state index in [4.69, 9.17) is 11.6 Å². The summed E-state index contributed by atoms with van der Waals surface area (Å²) in [6, 6.07) is 3.67. The van der Waals surface area contributed by atoms with Gasteiger partial charge in [0.05, 0.1) is 11.2 Å². The highest BCUT2D eigenvalue weighted by molar-refractivity contribution is 6.32. The van der Waals surface area contributed by atoms with Crippen molar-refractivity contribution in [3.8, 4) is 17.0 Å². The minimum atomic E-state index is -0.0458. The highest BCUT2D eigenvalue weighted by Gasteiger charge is 2.19. The minimum absolute atomic E-state index is 0.0357. The topological polar surface area (TPSA) is 61.8 Å². The third-order valence-electron chi connectivity index (χ3n) is 2.62. The fraction of sp³-hybridized carbons (Fsp3) is 0.333. The zero-order chi connectivity index (χ0) is 12.6. The molecule has 0 fully saturated rings. The molecule has 0 aliphatic heterocycles. The summed E-state index contributed by atoms with van der Waals surface area (Å²) in [5, 5.41) is 20.4. The van der Waals surface area contributed by atoms with Crippen molar-refractivity contribution in [1.82, 2.24) is 15.4 Å². The Bertz CT molecular complexity index is 529. The SMILES string of the molecule is CC(C)(C)c1cc(Cl)c(O)c(-c2c[nH]nn2)c1. The fourth-order valence-electron chi connectivity index (χ4n) is 1.56. The standard InChI is InChI=1S/C12H14ClN3O/c1-12(2,3)7-4-8(10-6-14-16-15-10)11(17)9(13)5-7/h4-6,17H,1-3H3,(H,14,15,16). The largest absolute Gasteiger partial charge is 0.506 e. The van der Waals surface area contributed by atoms with E-state index >= 15 is 0 Å². The third kappa shape index (κ3) is 2.26. The van der Waals surface area contributed by atoms with Crippen LogP contribution in [0.5, 0.6) is 5.75 Å². The van der Waals surface area contributed by atoms with Crippen molar-refractivity contribution >= 4 is 11.6 Å². The van der Waals surface area contributed by atoms with E-state index in [9.17, 15) is 5.11 Å². The highest BCUT2D eigenvalue weighted by Crippen LogP contribution is 2.38. The molecule has 0 bridgehead atoms. The van der Waals surface area contributed by atoms with Crippen molar-refractivity contribution in [2.24, 2.45) is 0 Å². The lowest BCUT2D eigenvalue weighted by molar-refractivity contribution is 0.476. The monoisotopic (exact) mass is 251 g/mol. The maximum absolute atomic E-state index is 9.95. The third-order valence-corrected chi connectivity index (χ3v) is 2.91. The Morgan fingerprint density at radius 1 is 1.29 bits per heavy atom. The summed E-state index contributed by atoms with van der Waals surface area (Å²) < 4.78 is 0. The summed E-state index contributed by atoms with van der Waals surface area (Å²) in [6.07, 6.45) is 1.62. The lowest BCUT2D eigenvalue weighted by Crippen LogP contribution is -2.11. The van der Waals surface area contributed by atoms with Gasteiger partial charge >= 0.3 is 0 Å². The molecule has 1 aromatic carbocycles. The molecule has 5 heteroatoms. The number of nitrogens with one attached hydrogen (secondary N) is 1. The van der Waals surface area contributed by atoms with Gasteiger partial charge in [0, 0.05) is 5.56 Å². The van der Waals surface area contributed by atoms with Crippen LogP contribution in [0.1, 0.15) is 26.3 Å². The van der Waals surface area contributed by atoms with Crippen molar-refractivity contribution in [3.05, 3.63) is 28.9 Å². The Hall–Kier alpha value is -1.55. The van der Waals surface area contributed by atoms with Gasteiger partial charge in [-0.3, -0.25) is 5.10 Å². The Morgan fingerprint density at radius 2 is 2.00 bits per heavy atom. The normalized spacial score (nSPS) is 11.8. The first kappa shape index (κ1) is 11.9. The van der Waals surface area contributed by atoms with E-state index in [1.807, 2.05) is 6.07 Å². The van der Waals surface area contributed by atoms with Crippen LogP contribution >= 0.6 is 11.6 Å². The summed E-state index contributed by atoms with van der Waals surface area (Å²) in [6.45, 7) is 6.26. The van der Waals surface area contributed by atoms with Crippen LogP contribution in [0.4, 0.5) is 0 Å². The maximum Gasteiger partial charge on any atom is 0.143 e. The van der Waals surface area contributed by atoms with Gasteiger partial charge in [-0.15, -0.1) is 5.10 Å². The van der Waals surface area contributed by atoms with Gasteiger partial charge in [-0.1, -0.05) is 37.6 Å². The molecule has 0 saturated carbocycles. The molecule has 0 spiro atoms. The van der Waals surface area contributed by atoms with Gasteiger partial charge in [-0.05, 0) is 23.1 Å². The molecule has 17 heavy (non-hydrogen) atoms. The van der Waals surface area contributed by atoms with Crippen LogP contribution in [-0.2, 0) is 5.41 Å². The van der Waals surface area contributed by atoms with Crippen LogP contribution in [0.2, 0.25) is 5.02 Å². The Kier molecular flexibility index (Phi) is 2.83. The number of phenols is 1. The van der Waals surface area contributed by atoms with E-state index in [1.54, 1.807) is 12.3 Å². The number of rotatable bonds is 1. The second-order valence-electron chi connectivity index (χ2n) is 4.96. The second kappa shape index (κ2) is 4.04. The number of halogens is 1. The van der Waals surface area contributed by atoms with E-state index in [0.717, 1.165) is 5.56 Å². The fourth-order valence-corrected chi connectivity index (χ4v) is 1.78. The molecule has 4 nitrogen and oxygen atoms in total. The van der Waals surface area contributed by atoms with Gasteiger partial charge in [-0.2, -0.15) is 0 Å². The molecule has 2 aromatic rings. The Morgan fingerprint density at radius 3 is 2.53 bits per heavy atom. The first-order chi connectivity index (χ1) is 7.89. The predicted octanol–water partition coefficient (Wildman–Crippen LogP) is 3.13. The molecule has 1 heterocycles. The zero-order valence-electron chi connectivity index (χ0n) is 9.95. The molecule has 2 rings (SSSR count). The first-order valence-electron chi connectivity index (χ1n) is 5.29. The summed E-state index contributed by atoms with van der Waals surface area (Å²) in [7, 11) is 0. The second-order valence-corrected chi connectivity index (χ2v) is 5.37. The predicted molar refractivity (Wildman–Crippen MR) is 67.2 cm³/mol. The molecule has 0 saturated heterocycles. The van der Waals surface area contributed by atoms with Gasteiger partial charge in [0.15, 0.2) is 0 Å². The number of H-pyrrole nitrogens is 1. The number of aromatic amines is 1. The van der Waals surface area contributed by atoms with E-state index in [-0.39, 0.29) is 11.2 Å². The Labute approximate surface area is 105 Å².